The van der Waals surface area contributed by atoms with E-state index in [1.807, 2.05) is 13.8 Å². The zero-order valence-electron chi connectivity index (χ0n) is 17.1. The van der Waals surface area contributed by atoms with Gasteiger partial charge in [-0.2, -0.15) is 0 Å². The number of benzene rings is 1. The van der Waals surface area contributed by atoms with Gasteiger partial charge in [-0.25, -0.2) is 9.59 Å². The molecule has 8 heteroatoms. The molecule has 2 heterocycles. The highest BCUT2D eigenvalue weighted by molar-refractivity contribution is 5.98. The molecule has 0 aliphatic carbocycles. The van der Waals surface area contributed by atoms with Crippen LogP contribution in [0.5, 0.6) is 5.75 Å². The van der Waals surface area contributed by atoms with Crippen molar-refractivity contribution in [1.29, 1.82) is 0 Å². The molecule has 0 aromatic heterocycles. The van der Waals surface area contributed by atoms with E-state index in [0.717, 1.165) is 18.4 Å². The molecule has 8 nitrogen and oxygen atoms in total. The molecule has 1 aromatic carbocycles. The standard InChI is InChI=1S/C21H27N3O5/c1-4-10-23(11-5-2)17(25)12-24-16-13-29-20(26)18(16)19(22-21(24)27)14-6-8-15(28-3)9-7-14/h6-9,19H,4-5,10-13H2,1-3H3,(H,22,27). The predicted molar refractivity (Wildman–Crippen MR) is 106 cm³/mol. The van der Waals surface area contributed by atoms with Gasteiger partial charge < -0.3 is 19.7 Å². The maximum atomic E-state index is 12.8. The molecule has 3 rings (SSSR count). The van der Waals surface area contributed by atoms with Gasteiger partial charge in [0.05, 0.1) is 24.4 Å². The number of hydrogen-bond acceptors (Lipinski definition) is 5. The summed E-state index contributed by atoms with van der Waals surface area (Å²) in [6.07, 6.45) is 1.68. The van der Waals surface area contributed by atoms with E-state index in [0.29, 0.717) is 30.1 Å². The smallest absolute Gasteiger partial charge is 0.338 e. The lowest BCUT2D eigenvalue weighted by Crippen LogP contribution is -2.51. The topological polar surface area (TPSA) is 88.2 Å². The SMILES string of the molecule is CCCN(CCC)C(=O)CN1C(=O)NC(c2ccc(OC)cc2)C2=C1COC2=O. The van der Waals surface area contributed by atoms with Crippen molar-refractivity contribution in [2.24, 2.45) is 0 Å². The Morgan fingerprint density at radius 2 is 1.86 bits per heavy atom. The van der Waals surface area contributed by atoms with Gasteiger partial charge in [0.2, 0.25) is 5.91 Å². The molecule has 29 heavy (non-hydrogen) atoms. The molecule has 0 fully saturated rings. The summed E-state index contributed by atoms with van der Waals surface area (Å²) < 4.78 is 10.4. The third-order valence-corrected chi connectivity index (χ3v) is 5.08. The van der Waals surface area contributed by atoms with Gasteiger partial charge >= 0.3 is 12.0 Å². The summed E-state index contributed by atoms with van der Waals surface area (Å²) in [7, 11) is 1.57. The van der Waals surface area contributed by atoms with Gasteiger partial charge in [-0.1, -0.05) is 26.0 Å². The number of nitrogens with zero attached hydrogens (tertiary/aromatic N) is 2. The van der Waals surface area contributed by atoms with Crippen LogP contribution in [-0.4, -0.2) is 61.1 Å². The largest absolute Gasteiger partial charge is 0.497 e. The molecule has 0 bridgehead atoms. The van der Waals surface area contributed by atoms with E-state index in [4.69, 9.17) is 9.47 Å². The summed E-state index contributed by atoms with van der Waals surface area (Å²) in [5.41, 5.74) is 1.58. The number of cyclic esters (lactones) is 1. The lowest BCUT2D eigenvalue weighted by molar-refractivity contribution is -0.136. The number of carbonyl (C=O) groups excluding carboxylic acids is 3. The first-order valence-corrected chi connectivity index (χ1v) is 9.90. The molecule has 1 aromatic rings. The number of rotatable bonds is 8. The third kappa shape index (κ3) is 4.21. The van der Waals surface area contributed by atoms with Crippen LogP contribution in [0.3, 0.4) is 0 Å². The summed E-state index contributed by atoms with van der Waals surface area (Å²) in [6.45, 7) is 5.16. The molecule has 156 valence electrons. The van der Waals surface area contributed by atoms with Gasteiger partial charge in [-0.15, -0.1) is 0 Å². The molecule has 0 radical (unpaired) electrons. The number of nitrogens with one attached hydrogen (secondary N) is 1. The summed E-state index contributed by atoms with van der Waals surface area (Å²) in [4.78, 5) is 41.1. The van der Waals surface area contributed by atoms with Gasteiger partial charge in [0, 0.05) is 13.1 Å². The number of hydrogen-bond donors (Lipinski definition) is 1. The van der Waals surface area contributed by atoms with Crippen LogP contribution in [0.4, 0.5) is 4.79 Å². The maximum absolute atomic E-state index is 12.8. The minimum absolute atomic E-state index is 0.0108. The summed E-state index contributed by atoms with van der Waals surface area (Å²) in [5, 5.41) is 2.85. The Labute approximate surface area is 170 Å². The van der Waals surface area contributed by atoms with Gasteiger partial charge in [0.25, 0.3) is 0 Å². The van der Waals surface area contributed by atoms with Gasteiger partial charge in [0.1, 0.15) is 18.9 Å². The molecule has 2 aliphatic heterocycles. The molecule has 0 saturated heterocycles. The summed E-state index contributed by atoms with van der Waals surface area (Å²) in [5.74, 6) is 0.0634. The minimum Gasteiger partial charge on any atom is -0.497 e. The molecule has 1 N–H and O–H groups in total. The zero-order chi connectivity index (χ0) is 21.0. The Kier molecular flexibility index (Phi) is 6.41. The van der Waals surface area contributed by atoms with Crippen molar-refractivity contribution in [2.75, 3.05) is 33.4 Å². The van der Waals surface area contributed by atoms with Crippen molar-refractivity contribution in [1.82, 2.24) is 15.1 Å². The van der Waals surface area contributed by atoms with E-state index in [9.17, 15) is 14.4 Å². The number of methoxy groups -OCH3 is 1. The van der Waals surface area contributed by atoms with E-state index in [-0.39, 0.29) is 19.1 Å². The van der Waals surface area contributed by atoms with Crippen LogP contribution in [0, 0.1) is 0 Å². The molecular formula is C21H27N3O5. The van der Waals surface area contributed by atoms with Crippen molar-refractivity contribution in [3.63, 3.8) is 0 Å². The normalized spacial score (nSPS) is 18.3. The third-order valence-electron chi connectivity index (χ3n) is 5.08. The second-order valence-electron chi connectivity index (χ2n) is 7.06. The van der Waals surface area contributed by atoms with Crippen LogP contribution in [0.2, 0.25) is 0 Å². The molecule has 3 amide bonds. The lowest BCUT2D eigenvalue weighted by atomic mass is 9.95. The Balaban J connectivity index is 1.88. The van der Waals surface area contributed by atoms with Crippen LogP contribution in [-0.2, 0) is 14.3 Å². The minimum atomic E-state index is -0.618. The number of ether oxygens (including phenoxy) is 2. The number of urea groups is 1. The van der Waals surface area contributed by atoms with E-state index in [2.05, 4.69) is 5.32 Å². The zero-order valence-corrected chi connectivity index (χ0v) is 17.1. The molecule has 0 spiro atoms. The van der Waals surface area contributed by atoms with Gasteiger partial charge in [-0.05, 0) is 30.5 Å². The second-order valence-corrected chi connectivity index (χ2v) is 7.06. The van der Waals surface area contributed by atoms with Crippen molar-refractivity contribution in [3.8, 4) is 5.75 Å². The number of carbonyl (C=O) groups is 3. The van der Waals surface area contributed by atoms with Crippen LogP contribution >= 0.6 is 0 Å². The summed E-state index contributed by atoms with van der Waals surface area (Å²) >= 11 is 0. The second kappa shape index (κ2) is 8.98. The van der Waals surface area contributed by atoms with Crippen LogP contribution in [0.1, 0.15) is 38.3 Å². The Morgan fingerprint density at radius 3 is 2.45 bits per heavy atom. The quantitative estimate of drug-likeness (QED) is 0.675. The Bertz CT molecular complexity index is 812. The fourth-order valence-electron chi connectivity index (χ4n) is 3.66. The fourth-order valence-corrected chi connectivity index (χ4v) is 3.66. The van der Waals surface area contributed by atoms with Crippen molar-refractivity contribution in [2.45, 2.75) is 32.7 Å². The fraction of sp³-hybridized carbons (Fsp3) is 0.476. The average molecular weight is 401 g/mol. The Morgan fingerprint density at radius 1 is 1.21 bits per heavy atom. The first-order chi connectivity index (χ1) is 14.0. The van der Waals surface area contributed by atoms with Crippen molar-refractivity contribution < 1.29 is 23.9 Å². The highest BCUT2D eigenvalue weighted by atomic mass is 16.5. The van der Waals surface area contributed by atoms with Crippen molar-refractivity contribution >= 4 is 17.9 Å². The van der Waals surface area contributed by atoms with Crippen LogP contribution < -0.4 is 10.1 Å². The maximum Gasteiger partial charge on any atom is 0.338 e. The first-order valence-electron chi connectivity index (χ1n) is 9.90. The summed E-state index contributed by atoms with van der Waals surface area (Å²) in [6, 6.07) is 6.10. The highest BCUT2D eigenvalue weighted by Gasteiger charge is 2.43. The number of esters is 1. The van der Waals surface area contributed by atoms with E-state index in [1.165, 1.54) is 4.90 Å². The van der Waals surface area contributed by atoms with Gasteiger partial charge in [-0.3, -0.25) is 9.69 Å². The highest BCUT2D eigenvalue weighted by Crippen LogP contribution is 2.35. The monoisotopic (exact) mass is 401 g/mol. The van der Waals surface area contributed by atoms with Crippen molar-refractivity contribution in [3.05, 3.63) is 41.1 Å². The van der Waals surface area contributed by atoms with E-state index < -0.39 is 18.0 Å². The first kappa shape index (κ1) is 20.7. The van der Waals surface area contributed by atoms with E-state index in [1.54, 1.807) is 36.3 Å². The number of amides is 3. The molecule has 0 saturated carbocycles. The molecular weight excluding hydrogens is 374 g/mol. The van der Waals surface area contributed by atoms with Gasteiger partial charge in [0.15, 0.2) is 0 Å². The predicted octanol–water partition coefficient (Wildman–Crippen LogP) is 2.22. The lowest BCUT2D eigenvalue weighted by Gasteiger charge is -2.34. The Hall–Kier alpha value is -3.03. The van der Waals surface area contributed by atoms with Crippen LogP contribution in [0.15, 0.2) is 35.5 Å². The molecule has 1 unspecified atom stereocenters. The van der Waals surface area contributed by atoms with E-state index >= 15 is 0 Å². The molecule has 2 aliphatic rings. The van der Waals surface area contributed by atoms with Crippen LogP contribution in [0.25, 0.3) is 0 Å². The molecule has 1 atom stereocenters. The average Bonchev–Trinajstić information content (AvgIpc) is 3.11.